The Morgan fingerprint density at radius 2 is 0.964 bits per heavy atom. The minimum Gasteiger partial charge on any atom is -0.453 e. The largest absolute Gasteiger partial charge is 0.453 e. The first-order valence-corrected chi connectivity index (χ1v) is 19.2. The highest BCUT2D eigenvalue weighted by Crippen LogP contribution is 2.51. The van der Waals surface area contributed by atoms with Crippen LogP contribution in [-0.2, 0) is 5.41 Å². The van der Waals surface area contributed by atoms with E-state index in [1.165, 1.54) is 38.8 Å². The lowest BCUT2D eigenvalue weighted by atomic mass is 9.82. The SMILES string of the molecule is CC1(C)c2ccccc2-c2ccc(N(c3ccc(-c4ccccc4)cc3)c3ccc4ccc(-c5ccc6c(c5)Oc5cccc7cccc(c57)O6)cc4c3)cc21. The molecule has 0 N–H and O–H groups in total. The molecule has 9 aromatic carbocycles. The lowest BCUT2D eigenvalue weighted by Gasteiger charge is -2.28. The Labute approximate surface area is 326 Å². The molecule has 1 heterocycles. The van der Waals surface area contributed by atoms with Crippen LogP contribution >= 0.6 is 0 Å². The highest BCUT2D eigenvalue weighted by atomic mass is 16.5. The zero-order chi connectivity index (χ0) is 37.4. The quantitative estimate of drug-likeness (QED) is 0.177. The maximum atomic E-state index is 6.54. The number of hydrogen-bond acceptors (Lipinski definition) is 3. The Hall–Kier alpha value is -7.10. The van der Waals surface area contributed by atoms with Gasteiger partial charge in [-0.1, -0.05) is 135 Å². The van der Waals surface area contributed by atoms with Crippen LogP contribution in [0.3, 0.4) is 0 Å². The van der Waals surface area contributed by atoms with Crippen molar-refractivity contribution in [1.82, 2.24) is 0 Å². The average Bonchev–Trinajstić information content (AvgIpc) is 3.35. The second-order valence-electron chi connectivity index (χ2n) is 15.4. The van der Waals surface area contributed by atoms with Gasteiger partial charge in [0.05, 0.1) is 5.39 Å². The average molecular weight is 720 g/mol. The summed E-state index contributed by atoms with van der Waals surface area (Å²) in [7, 11) is 0. The first-order valence-electron chi connectivity index (χ1n) is 19.2. The molecule has 0 aromatic heterocycles. The summed E-state index contributed by atoms with van der Waals surface area (Å²) in [6.07, 6.45) is 0. The van der Waals surface area contributed by atoms with Crippen molar-refractivity contribution in [3.63, 3.8) is 0 Å². The van der Waals surface area contributed by atoms with Gasteiger partial charge >= 0.3 is 0 Å². The lowest BCUT2D eigenvalue weighted by Crippen LogP contribution is -2.16. The Morgan fingerprint density at radius 3 is 1.79 bits per heavy atom. The van der Waals surface area contributed by atoms with E-state index in [1.54, 1.807) is 0 Å². The number of fused-ring (bicyclic) bond motifs is 5. The zero-order valence-electron chi connectivity index (χ0n) is 31.2. The van der Waals surface area contributed by atoms with Gasteiger partial charge in [-0.3, -0.25) is 0 Å². The molecule has 3 heteroatoms. The third kappa shape index (κ3) is 5.20. The molecule has 11 rings (SSSR count). The highest BCUT2D eigenvalue weighted by Gasteiger charge is 2.35. The van der Waals surface area contributed by atoms with Gasteiger partial charge in [0.1, 0.15) is 11.5 Å². The monoisotopic (exact) mass is 719 g/mol. The van der Waals surface area contributed by atoms with Crippen molar-refractivity contribution in [2.75, 3.05) is 4.90 Å². The Balaban J connectivity index is 1.01. The van der Waals surface area contributed by atoms with E-state index in [1.807, 2.05) is 30.3 Å². The van der Waals surface area contributed by atoms with Crippen LogP contribution in [0.2, 0.25) is 0 Å². The van der Waals surface area contributed by atoms with Crippen LogP contribution in [0.25, 0.3) is 54.9 Å². The number of rotatable bonds is 5. The van der Waals surface area contributed by atoms with Gasteiger partial charge in [-0.2, -0.15) is 0 Å². The molecule has 9 aromatic rings. The number of nitrogens with zero attached hydrogens (tertiary/aromatic N) is 1. The number of hydrogen-bond donors (Lipinski definition) is 0. The molecule has 0 spiro atoms. The molecule has 0 saturated heterocycles. The van der Waals surface area contributed by atoms with Crippen LogP contribution in [0.15, 0.2) is 188 Å². The summed E-state index contributed by atoms with van der Waals surface area (Å²) >= 11 is 0. The van der Waals surface area contributed by atoms with Crippen LogP contribution < -0.4 is 14.4 Å². The van der Waals surface area contributed by atoms with Crippen LogP contribution in [0, 0.1) is 0 Å². The number of ether oxygens (including phenoxy) is 2. The van der Waals surface area contributed by atoms with Crippen LogP contribution in [0.1, 0.15) is 25.0 Å². The van der Waals surface area contributed by atoms with E-state index >= 15 is 0 Å². The smallest absolute Gasteiger partial charge is 0.170 e. The third-order valence-corrected chi connectivity index (χ3v) is 11.7. The molecule has 1 aliphatic heterocycles. The van der Waals surface area contributed by atoms with E-state index in [0.717, 1.165) is 55.8 Å². The molecule has 0 unspecified atom stereocenters. The van der Waals surface area contributed by atoms with Gasteiger partial charge in [0.2, 0.25) is 0 Å². The van der Waals surface area contributed by atoms with E-state index in [-0.39, 0.29) is 5.41 Å². The number of anilines is 3. The molecular formula is C53H37NO2. The second-order valence-corrected chi connectivity index (χ2v) is 15.4. The van der Waals surface area contributed by atoms with Crippen molar-refractivity contribution >= 4 is 38.6 Å². The summed E-state index contributed by atoms with van der Waals surface area (Å²) in [5.74, 6) is 3.01. The van der Waals surface area contributed by atoms with Crippen molar-refractivity contribution in [2.45, 2.75) is 19.3 Å². The molecule has 0 radical (unpaired) electrons. The van der Waals surface area contributed by atoms with Gasteiger partial charge in [0, 0.05) is 22.5 Å². The normalized spacial score (nSPS) is 13.2. The van der Waals surface area contributed by atoms with Gasteiger partial charge in [0.25, 0.3) is 0 Å². The van der Waals surface area contributed by atoms with E-state index in [4.69, 9.17) is 9.47 Å². The van der Waals surface area contributed by atoms with Crippen molar-refractivity contribution < 1.29 is 9.47 Å². The van der Waals surface area contributed by atoms with Crippen LogP contribution in [0.5, 0.6) is 23.0 Å². The zero-order valence-corrected chi connectivity index (χ0v) is 31.2. The fourth-order valence-corrected chi connectivity index (χ4v) is 8.80. The van der Waals surface area contributed by atoms with Gasteiger partial charge in [-0.25, -0.2) is 0 Å². The topological polar surface area (TPSA) is 21.7 Å². The van der Waals surface area contributed by atoms with E-state index in [2.05, 4.69) is 176 Å². The Bertz CT molecular complexity index is 2990. The summed E-state index contributed by atoms with van der Waals surface area (Å²) in [6, 6.07) is 67.3. The van der Waals surface area contributed by atoms with E-state index in [9.17, 15) is 0 Å². The van der Waals surface area contributed by atoms with Gasteiger partial charge in [0.15, 0.2) is 11.5 Å². The second kappa shape index (κ2) is 12.5. The molecule has 1 aliphatic carbocycles. The summed E-state index contributed by atoms with van der Waals surface area (Å²) in [4.78, 5) is 2.39. The van der Waals surface area contributed by atoms with Crippen LogP contribution in [-0.4, -0.2) is 0 Å². The summed E-state index contributed by atoms with van der Waals surface area (Å²) in [6.45, 7) is 4.69. The fourth-order valence-electron chi connectivity index (χ4n) is 8.80. The molecule has 0 atom stereocenters. The maximum absolute atomic E-state index is 6.54. The summed E-state index contributed by atoms with van der Waals surface area (Å²) in [5.41, 5.74) is 13.2. The molecule has 0 saturated carbocycles. The van der Waals surface area contributed by atoms with Crippen molar-refractivity contribution in [3.8, 4) is 56.4 Å². The molecule has 0 fully saturated rings. The first-order chi connectivity index (χ1) is 27.5. The van der Waals surface area contributed by atoms with Gasteiger partial charge in [-0.15, -0.1) is 0 Å². The third-order valence-electron chi connectivity index (χ3n) is 11.7. The van der Waals surface area contributed by atoms with Gasteiger partial charge in [-0.05, 0) is 127 Å². The molecular weight excluding hydrogens is 683 g/mol. The molecule has 3 nitrogen and oxygen atoms in total. The van der Waals surface area contributed by atoms with E-state index < -0.39 is 0 Å². The van der Waals surface area contributed by atoms with Crippen molar-refractivity contribution in [1.29, 1.82) is 0 Å². The molecule has 2 aliphatic rings. The minimum absolute atomic E-state index is 0.110. The summed E-state index contributed by atoms with van der Waals surface area (Å²) in [5, 5.41) is 4.41. The molecule has 266 valence electrons. The van der Waals surface area contributed by atoms with Crippen molar-refractivity contribution in [3.05, 3.63) is 199 Å². The van der Waals surface area contributed by atoms with Crippen molar-refractivity contribution in [2.24, 2.45) is 0 Å². The Kier molecular flexibility index (Phi) is 7.20. The Morgan fingerprint density at radius 1 is 0.357 bits per heavy atom. The van der Waals surface area contributed by atoms with Crippen LogP contribution in [0.4, 0.5) is 17.1 Å². The first kappa shape index (κ1) is 32.3. The lowest BCUT2D eigenvalue weighted by molar-refractivity contribution is 0.439. The standard InChI is InChI=1S/C53H37NO2/c1-53(2)46-15-7-6-14-44(46)45-28-27-43(33-47(45)53)54(41-24-20-35(21-25-41)34-10-4-3-5-11-34)42-26-22-36-18-19-38(30-40(36)31-42)39-23-29-48-51(32-39)56-50-17-9-13-37-12-8-16-49(55-48)52(37)50/h3-33H,1-2H3. The minimum atomic E-state index is -0.110. The predicted molar refractivity (Wildman–Crippen MR) is 231 cm³/mol. The molecule has 0 bridgehead atoms. The van der Waals surface area contributed by atoms with E-state index in [0.29, 0.717) is 11.5 Å². The number of benzene rings is 9. The molecule has 56 heavy (non-hydrogen) atoms. The maximum Gasteiger partial charge on any atom is 0.170 e. The summed E-state index contributed by atoms with van der Waals surface area (Å²) < 4.78 is 13.0. The molecule has 0 amide bonds. The van der Waals surface area contributed by atoms with Gasteiger partial charge < -0.3 is 14.4 Å². The highest BCUT2D eigenvalue weighted by molar-refractivity contribution is 5.96. The fraction of sp³-hybridized carbons (Fsp3) is 0.0566. The predicted octanol–water partition coefficient (Wildman–Crippen LogP) is 15.0.